The summed E-state index contributed by atoms with van der Waals surface area (Å²) in [6.45, 7) is 2.85. The zero-order valence-electron chi connectivity index (χ0n) is 24.2. The molecule has 3 aliphatic rings. The largest absolute Gasteiger partial charge is 0.494 e. The van der Waals surface area contributed by atoms with Crippen molar-refractivity contribution in [2.75, 3.05) is 37.7 Å². The summed E-state index contributed by atoms with van der Waals surface area (Å²) in [6, 6.07) is 15.5. The third-order valence-electron chi connectivity index (χ3n) is 8.85. The number of carboxylic acids is 1. The molecule has 9 heteroatoms. The second kappa shape index (κ2) is 13.9. The summed E-state index contributed by atoms with van der Waals surface area (Å²) in [4.78, 5) is 55.0. The minimum absolute atomic E-state index is 0.00206. The van der Waals surface area contributed by atoms with Gasteiger partial charge in [0.2, 0.25) is 11.8 Å². The first-order valence-corrected chi connectivity index (χ1v) is 15.3. The van der Waals surface area contributed by atoms with E-state index in [1.54, 1.807) is 17.0 Å². The second-order valence-corrected chi connectivity index (χ2v) is 11.6. The number of unbranched alkanes of at least 4 members (excludes halogenated alkanes) is 2. The molecule has 0 aromatic heterocycles. The number of hydrogen-bond acceptors (Lipinski definition) is 5. The van der Waals surface area contributed by atoms with Crippen LogP contribution in [0.25, 0.3) is 0 Å². The highest BCUT2D eigenvalue weighted by molar-refractivity contribution is 5.97. The summed E-state index contributed by atoms with van der Waals surface area (Å²) >= 11 is 0. The number of hydrogen-bond donors (Lipinski definition) is 1. The van der Waals surface area contributed by atoms with E-state index in [0.29, 0.717) is 69.8 Å². The number of likely N-dealkylation sites (tertiary alicyclic amines) is 2. The van der Waals surface area contributed by atoms with Gasteiger partial charge in [-0.2, -0.15) is 0 Å². The van der Waals surface area contributed by atoms with E-state index in [0.717, 1.165) is 44.2 Å². The highest BCUT2D eigenvalue weighted by Gasteiger charge is 2.34. The molecular formula is C33H41N3O6. The van der Waals surface area contributed by atoms with Crippen molar-refractivity contribution in [1.82, 2.24) is 9.80 Å². The van der Waals surface area contributed by atoms with Gasteiger partial charge in [-0.1, -0.05) is 18.2 Å². The number of carbonyl (C=O) groups is 4. The number of carbonyl (C=O) groups excluding carboxylic acids is 3. The lowest BCUT2D eigenvalue weighted by Crippen LogP contribution is -2.50. The van der Waals surface area contributed by atoms with E-state index in [9.17, 15) is 19.2 Å². The van der Waals surface area contributed by atoms with Crippen molar-refractivity contribution in [3.05, 3.63) is 59.7 Å². The molecule has 2 aromatic carbocycles. The van der Waals surface area contributed by atoms with Crippen molar-refractivity contribution >= 4 is 29.4 Å². The fraction of sp³-hybridized carbons (Fsp3) is 0.515. The van der Waals surface area contributed by atoms with Crippen LogP contribution in [-0.4, -0.2) is 77.4 Å². The van der Waals surface area contributed by atoms with Crippen LogP contribution in [0.1, 0.15) is 73.7 Å². The Bertz CT molecular complexity index is 1260. The van der Waals surface area contributed by atoms with Crippen LogP contribution >= 0.6 is 0 Å². The number of para-hydroxylation sites is 1. The van der Waals surface area contributed by atoms with Gasteiger partial charge in [0.25, 0.3) is 5.91 Å². The van der Waals surface area contributed by atoms with Crippen molar-refractivity contribution < 1.29 is 29.0 Å². The minimum Gasteiger partial charge on any atom is -0.494 e. The van der Waals surface area contributed by atoms with Gasteiger partial charge in [0.1, 0.15) is 5.75 Å². The molecule has 9 nitrogen and oxygen atoms in total. The third-order valence-corrected chi connectivity index (χ3v) is 8.85. The Labute approximate surface area is 247 Å². The molecule has 2 aromatic rings. The molecule has 3 heterocycles. The summed E-state index contributed by atoms with van der Waals surface area (Å²) in [5.74, 6) is -0.0928. The first kappa shape index (κ1) is 29.6. The molecule has 224 valence electrons. The lowest BCUT2D eigenvalue weighted by Gasteiger charge is -2.41. The van der Waals surface area contributed by atoms with Gasteiger partial charge >= 0.3 is 5.97 Å². The molecule has 0 bridgehead atoms. The number of aryl methyl sites for hydroxylation is 1. The normalized spacial score (nSPS) is 18.1. The number of piperidine rings is 2. The monoisotopic (exact) mass is 575 g/mol. The van der Waals surface area contributed by atoms with E-state index >= 15 is 0 Å². The Morgan fingerprint density at radius 2 is 1.50 bits per heavy atom. The number of fused-ring (bicyclic) bond motifs is 1. The van der Waals surface area contributed by atoms with Crippen LogP contribution in [0.2, 0.25) is 0 Å². The average molecular weight is 576 g/mol. The van der Waals surface area contributed by atoms with Gasteiger partial charge in [-0.25, -0.2) is 0 Å². The molecule has 3 amide bonds. The fourth-order valence-electron chi connectivity index (χ4n) is 6.34. The lowest BCUT2D eigenvalue weighted by molar-refractivity contribution is -0.145. The topological polar surface area (TPSA) is 107 Å². The number of anilines is 1. The zero-order valence-corrected chi connectivity index (χ0v) is 24.2. The molecule has 0 unspecified atom stereocenters. The van der Waals surface area contributed by atoms with Gasteiger partial charge in [-0.15, -0.1) is 0 Å². The summed E-state index contributed by atoms with van der Waals surface area (Å²) in [7, 11) is 0. The van der Waals surface area contributed by atoms with E-state index in [2.05, 4.69) is 6.07 Å². The summed E-state index contributed by atoms with van der Waals surface area (Å²) in [5.41, 5.74) is 2.88. The van der Waals surface area contributed by atoms with Crippen molar-refractivity contribution in [2.24, 2.45) is 5.92 Å². The maximum absolute atomic E-state index is 13.2. The van der Waals surface area contributed by atoms with Crippen LogP contribution in [-0.2, 0) is 20.8 Å². The van der Waals surface area contributed by atoms with Crippen LogP contribution in [0.4, 0.5) is 5.69 Å². The first-order chi connectivity index (χ1) is 20.4. The van der Waals surface area contributed by atoms with Crippen molar-refractivity contribution in [3.8, 4) is 5.75 Å². The number of amides is 3. The van der Waals surface area contributed by atoms with Crippen LogP contribution in [0.3, 0.4) is 0 Å². The van der Waals surface area contributed by atoms with Gasteiger partial charge < -0.3 is 24.5 Å². The molecule has 0 aliphatic carbocycles. The molecule has 3 aliphatic heterocycles. The molecule has 2 fully saturated rings. The number of rotatable bonds is 10. The van der Waals surface area contributed by atoms with Crippen molar-refractivity contribution in [3.63, 3.8) is 0 Å². The molecule has 42 heavy (non-hydrogen) atoms. The van der Waals surface area contributed by atoms with E-state index in [1.165, 1.54) is 5.56 Å². The molecule has 0 radical (unpaired) electrons. The van der Waals surface area contributed by atoms with Crippen molar-refractivity contribution in [1.29, 1.82) is 0 Å². The molecule has 1 N–H and O–H groups in total. The van der Waals surface area contributed by atoms with Crippen LogP contribution in [0.5, 0.6) is 5.75 Å². The number of carboxylic acid groups (broad SMARTS) is 1. The summed E-state index contributed by atoms with van der Waals surface area (Å²) in [5, 5.41) is 9.09. The zero-order chi connectivity index (χ0) is 29.5. The van der Waals surface area contributed by atoms with Crippen LogP contribution < -0.4 is 9.64 Å². The molecule has 0 atom stereocenters. The lowest BCUT2D eigenvalue weighted by atomic mass is 9.95. The van der Waals surface area contributed by atoms with Gasteiger partial charge in [0, 0.05) is 56.3 Å². The second-order valence-electron chi connectivity index (χ2n) is 11.6. The predicted molar refractivity (Wildman–Crippen MR) is 159 cm³/mol. The quantitative estimate of drug-likeness (QED) is 0.417. The molecule has 0 spiro atoms. The van der Waals surface area contributed by atoms with Gasteiger partial charge in [-0.3, -0.25) is 19.2 Å². The Kier molecular flexibility index (Phi) is 9.77. The molecule has 5 rings (SSSR count). The maximum Gasteiger partial charge on any atom is 0.306 e. The highest BCUT2D eigenvalue weighted by Crippen LogP contribution is 2.32. The fourth-order valence-corrected chi connectivity index (χ4v) is 6.34. The standard InChI is InChI=1S/C33H41N3O6/c37-30(34-19-15-26(16-20-34)33(40)41)8-2-1-5-23-42-28-12-9-25(10-13-28)32(39)35-21-17-27(18-22-35)36-29-7-4-3-6-24(29)11-14-31(36)38/h3-4,6-7,9-10,12-13,26-27H,1-2,5,8,11,14-23H2,(H,40,41). The average Bonchev–Trinajstić information content (AvgIpc) is 3.02. The maximum atomic E-state index is 13.2. The van der Waals surface area contributed by atoms with E-state index in [1.807, 2.05) is 40.1 Å². The highest BCUT2D eigenvalue weighted by atomic mass is 16.5. The minimum atomic E-state index is -0.765. The van der Waals surface area contributed by atoms with E-state index < -0.39 is 5.97 Å². The number of aliphatic carboxylic acids is 1. The Morgan fingerprint density at radius 1 is 0.810 bits per heavy atom. The number of nitrogens with zero attached hydrogens (tertiary/aromatic N) is 3. The van der Waals surface area contributed by atoms with Crippen LogP contribution in [0.15, 0.2) is 48.5 Å². The van der Waals surface area contributed by atoms with E-state index in [4.69, 9.17) is 9.84 Å². The third kappa shape index (κ3) is 7.12. The van der Waals surface area contributed by atoms with Gasteiger partial charge in [-0.05, 0) is 87.3 Å². The Morgan fingerprint density at radius 3 is 2.21 bits per heavy atom. The molecule has 0 saturated carbocycles. The SMILES string of the molecule is O=C(O)C1CCN(C(=O)CCCCCOc2ccc(C(=O)N3CCC(N4C(=O)CCc5ccccc54)CC3)cc2)CC1. The molecule has 2 saturated heterocycles. The number of benzene rings is 2. The van der Waals surface area contributed by atoms with E-state index in [-0.39, 0.29) is 29.7 Å². The number of ether oxygens (including phenoxy) is 1. The van der Waals surface area contributed by atoms with Gasteiger partial charge in [0.15, 0.2) is 0 Å². The first-order valence-electron chi connectivity index (χ1n) is 15.3. The smallest absolute Gasteiger partial charge is 0.306 e. The van der Waals surface area contributed by atoms with Crippen molar-refractivity contribution in [2.45, 2.75) is 70.3 Å². The Hall–Kier alpha value is -3.88. The molecular weight excluding hydrogens is 534 g/mol. The van der Waals surface area contributed by atoms with Gasteiger partial charge in [0.05, 0.1) is 12.5 Å². The van der Waals surface area contributed by atoms with Crippen LogP contribution in [0, 0.1) is 5.92 Å². The predicted octanol–water partition coefficient (Wildman–Crippen LogP) is 4.53. The summed E-state index contributed by atoms with van der Waals surface area (Å²) < 4.78 is 5.85. The summed E-state index contributed by atoms with van der Waals surface area (Å²) in [6.07, 6.45) is 6.90. The Balaban J connectivity index is 0.994.